The zero-order chi connectivity index (χ0) is 12.5. The Kier molecular flexibility index (Phi) is 2.30. The SMILES string of the molecule is C[C@H]1CC[C@@H]2[C@@](C)(CO)C[C@@]3(C)CC[C@H]1[C@]23O. The summed E-state index contributed by atoms with van der Waals surface area (Å²) in [4.78, 5) is 0. The Balaban J connectivity index is 2.08. The molecule has 0 spiro atoms. The van der Waals surface area contributed by atoms with Gasteiger partial charge in [0.1, 0.15) is 0 Å². The van der Waals surface area contributed by atoms with Crippen molar-refractivity contribution in [3.63, 3.8) is 0 Å². The highest BCUT2D eigenvalue weighted by Crippen LogP contribution is 2.71. The van der Waals surface area contributed by atoms with E-state index in [0.717, 1.165) is 19.3 Å². The van der Waals surface area contributed by atoms with Crippen LogP contribution in [-0.4, -0.2) is 22.4 Å². The van der Waals surface area contributed by atoms with Crippen molar-refractivity contribution in [3.8, 4) is 0 Å². The van der Waals surface area contributed by atoms with Gasteiger partial charge in [-0.1, -0.05) is 20.8 Å². The van der Waals surface area contributed by atoms with Gasteiger partial charge in [-0.3, -0.25) is 0 Å². The molecular formula is C15H26O2. The van der Waals surface area contributed by atoms with Crippen molar-refractivity contribution in [1.82, 2.24) is 0 Å². The molecule has 2 N–H and O–H groups in total. The molecule has 98 valence electrons. The fourth-order valence-electron chi connectivity index (χ4n) is 5.88. The molecule has 0 amide bonds. The first-order valence-corrected chi connectivity index (χ1v) is 7.21. The summed E-state index contributed by atoms with van der Waals surface area (Å²) in [6.45, 7) is 6.99. The second-order valence-electron chi connectivity index (χ2n) is 7.63. The molecule has 3 rings (SSSR count). The van der Waals surface area contributed by atoms with Crippen LogP contribution in [-0.2, 0) is 0 Å². The van der Waals surface area contributed by atoms with Crippen LogP contribution in [0, 0.1) is 28.6 Å². The number of hydrogen-bond acceptors (Lipinski definition) is 2. The fourth-order valence-corrected chi connectivity index (χ4v) is 5.88. The maximum absolute atomic E-state index is 11.4. The molecule has 6 atom stereocenters. The minimum atomic E-state index is -0.498. The average Bonchev–Trinajstić information content (AvgIpc) is 2.61. The highest BCUT2D eigenvalue weighted by atomic mass is 16.3. The predicted molar refractivity (Wildman–Crippen MR) is 67.5 cm³/mol. The van der Waals surface area contributed by atoms with Crippen molar-refractivity contribution in [2.24, 2.45) is 28.6 Å². The molecule has 0 aromatic heterocycles. The summed E-state index contributed by atoms with van der Waals surface area (Å²) in [6, 6.07) is 0. The van der Waals surface area contributed by atoms with Crippen LogP contribution in [0.2, 0.25) is 0 Å². The molecule has 0 unspecified atom stereocenters. The summed E-state index contributed by atoms with van der Waals surface area (Å²) in [5.41, 5.74) is -0.501. The van der Waals surface area contributed by atoms with Crippen molar-refractivity contribution in [2.45, 2.75) is 58.5 Å². The van der Waals surface area contributed by atoms with E-state index in [9.17, 15) is 10.2 Å². The number of rotatable bonds is 1. The van der Waals surface area contributed by atoms with Gasteiger partial charge in [0, 0.05) is 6.61 Å². The molecule has 0 aliphatic heterocycles. The molecule has 3 aliphatic rings. The van der Waals surface area contributed by atoms with Crippen LogP contribution in [0.3, 0.4) is 0 Å². The first-order valence-electron chi connectivity index (χ1n) is 7.21. The van der Waals surface area contributed by atoms with Gasteiger partial charge in [0.15, 0.2) is 0 Å². The van der Waals surface area contributed by atoms with Gasteiger partial charge in [-0.25, -0.2) is 0 Å². The predicted octanol–water partition coefficient (Wildman–Crippen LogP) is 2.58. The topological polar surface area (TPSA) is 40.5 Å². The molecule has 0 saturated heterocycles. The normalized spacial score (nSPS) is 61.6. The van der Waals surface area contributed by atoms with E-state index >= 15 is 0 Å². The van der Waals surface area contributed by atoms with Crippen molar-refractivity contribution >= 4 is 0 Å². The number of aliphatic hydroxyl groups excluding tert-OH is 1. The Bertz CT molecular complexity index is 342. The van der Waals surface area contributed by atoms with E-state index < -0.39 is 5.60 Å². The maximum Gasteiger partial charge on any atom is 0.0765 e. The molecule has 0 heterocycles. The summed E-state index contributed by atoms with van der Waals surface area (Å²) in [5.74, 6) is 1.44. The zero-order valence-corrected chi connectivity index (χ0v) is 11.4. The third kappa shape index (κ3) is 1.19. The van der Waals surface area contributed by atoms with E-state index in [1.807, 2.05) is 0 Å². The molecule has 0 aromatic rings. The Labute approximate surface area is 104 Å². The molecular weight excluding hydrogens is 212 g/mol. The highest BCUT2D eigenvalue weighted by molar-refractivity contribution is 5.21. The van der Waals surface area contributed by atoms with Gasteiger partial charge < -0.3 is 10.2 Å². The van der Waals surface area contributed by atoms with Gasteiger partial charge in [0.05, 0.1) is 5.60 Å². The van der Waals surface area contributed by atoms with Gasteiger partial charge >= 0.3 is 0 Å². The van der Waals surface area contributed by atoms with Crippen LogP contribution in [0.25, 0.3) is 0 Å². The minimum absolute atomic E-state index is 0.0501. The monoisotopic (exact) mass is 238 g/mol. The van der Waals surface area contributed by atoms with Crippen LogP contribution >= 0.6 is 0 Å². The Hall–Kier alpha value is -0.0800. The van der Waals surface area contributed by atoms with Crippen molar-refractivity contribution < 1.29 is 10.2 Å². The van der Waals surface area contributed by atoms with E-state index in [2.05, 4.69) is 20.8 Å². The molecule has 17 heavy (non-hydrogen) atoms. The summed E-state index contributed by atoms with van der Waals surface area (Å²) < 4.78 is 0. The standard InChI is InChI=1S/C15H26O2/c1-10-4-5-12-13(2,9-16)8-14(3)7-6-11(10)15(12,14)17/h10-12,16-17H,4-9H2,1-3H3/t10-,11+,12+,13+,14+,15-/m0/s1. The minimum Gasteiger partial charge on any atom is -0.396 e. The molecule has 2 nitrogen and oxygen atoms in total. The van der Waals surface area contributed by atoms with E-state index in [4.69, 9.17) is 0 Å². The molecule has 3 saturated carbocycles. The van der Waals surface area contributed by atoms with Crippen LogP contribution in [0.4, 0.5) is 0 Å². The van der Waals surface area contributed by atoms with E-state index in [1.54, 1.807) is 0 Å². The van der Waals surface area contributed by atoms with Gasteiger partial charge in [-0.05, 0) is 60.7 Å². The highest BCUT2D eigenvalue weighted by Gasteiger charge is 2.71. The second-order valence-corrected chi connectivity index (χ2v) is 7.63. The zero-order valence-electron chi connectivity index (χ0n) is 11.4. The van der Waals surface area contributed by atoms with Gasteiger partial charge in [0.2, 0.25) is 0 Å². The van der Waals surface area contributed by atoms with Crippen molar-refractivity contribution in [2.75, 3.05) is 6.61 Å². The Morgan fingerprint density at radius 3 is 2.53 bits per heavy atom. The molecule has 0 radical (unpaired) electrons. The van der Waals surface area contributed by atoms with E-state index in [-0.39, 0.29) is 17.4 Å². The quantitative estimate of drug-likeness (QED) is 0.737. The van der Waals surface area contributed by atoms with Gasteiger partial charge in [-0.2, -0.15) is 0 Å². The molecule has 3 fully saturated rings. The van der Waals surface area contributed by atoms with Crippen molar-refractivity contribution in [1.29, 1.82) is 0 Å². The van der Waals surface area contributed by atoms with Crippen LogP contribution in [0.1, 0.15) is 52.9 Å². The maximum atomic E-state index is 11.4. The summed E-state index contributed by atoms with van der Waals surface area (Å²) in [6.07, 6.45) is 5.65. The lowest BCUT2D eigenvalue weighted by Crippen LogP contribution is -2.53. The lowest BCUT2D eigenvalue weighted by molar-refractivity contribution is -0.142. The molecule has 2 heteroatoms. The first-order chi connectivity index (χ1) is 7.87. The van der Waals surface area contributed by atoms with Crippen LogP contribution in [0.5, 0.6) is 0 Å². The second kappa shape index (κ2) is 3.27. The Morgan fingerprint density at radius 1 is 1.18 bits per heavy atom. The lowest BCUT2D eigenvalue weighted by Gasteiger charge is -2.49. The first kappa shape index (κ1) is 12.0. The number of hydrogen-bond donors (Lipinski definition) is 2. The van der Waals surface area contributed by atoms with Crippen molar-refractivity contribution in [3.05, 3.63) is 0 Å². The molecule has 3 aliphatic carbocycles. The third-order valence-corrected chi connectivity index (χ3v) is 6.66. The average molecular weight is 238 g/mol. The van der Waals surface area contributed by atoms with Gasteiger partial charge in [-0.15, -0.1) is 0 Å². The smallest absolute Gasteiger partial charge is 0.0765 e. The largest absolute Gasteiger partial charge is 0.396 e. The molecule has 0 bridgehead atoms. The lowest BCUT2D eigenvalue weighted by atomic mass is 9.60. The van der Waals surface area contributed by atoms with E-state index in [1.165, 1.54) is 12.8 Å². The Morgan fingerprint density at radius 2 is 1.88 bits per heavy atom. The van der Waals surface area contributed by atoms with E-state index in [0.29, 0.717) is 17.8 Å². The number of aliphatic hydroxyl groups is 2. The van der Waals surface area contributed by atoms with Crippen LogP contribution < -0.4 is 0 Å². The summed E-state index contributed by atoms with van der Waals surface area (Å²) >= 11 is 0. The molecule has 0 aromatic carbocycles. The third-order valence-electron chi connectivity index (χ3n) is 6.66. The fraction of sp³-hybridized carbons (Fsp3) is 1.00. The van der Waals surface area contributed by atoms with Gasteiger partial charge in [0.25, 0.3) is 0 Å². The van der Waals surface area contributed by atoms with Crippen LogP contribution in [0.15, 0.2) is 0 Å². The summed E-state index contributed by atoms with van der Waals surface area (Å²) in [5, 5.41) is 21.2. The summed E-state index contributed by atoms with van der Waals surface area (Å²) in [7, 11) is 0.